The van der Waals surface area contributed by atoms with Crippen LogP contribution in [0.4, 0.5) is 4.79 Å². The molecular weight excluding hydrogens is 432 g/mol. The molecule has 2 fully saturated rings. The van der Waals surface area contributed by atoms with Gasteiger partial charge >= 0.3 is 12.1 Å². The summed E-state index contributed by atoms with van der Waals surface area (Å²) in [5.41, 5.74) is 4.36. The largest absolute Gasteiger partial charge is 0.481 e. The number of nitrogens with one attached hydrogen (secondary N) is 2. The van der Waals surface area contributed by atoms with Crippen molar-refractivity contribution in [2.45, 2.75) is 50.5 Å². The second-order valence-electron chi connectivity index (χ2n) is 9.77. The monoisotopic (exact) mass is 462 g/mol. The highest BCUT2D eigenvalue weighted by molar-refractivity contribution is 5.87. The highest BCUT2D eigenvalue weighted by Crippen LogP contribution is 2.63. The number of hydrogen-bond acceptors (Lipinski definition) is 4. The van der Waals surface area contributed by atoms with E-state index in [1.54, 1.807) is 0 Å². The van der Waals surface area contributed by atoms with Gasteiger partial charge in [-0.3, -0.25) is 9.59 Å². The molecule has 0 saturated heterocycles. The first kappa shape index (κ1) is 22.4. The molecule has 2 saturated carbocycles. The van der Waals surface area contributed by atoms with Crippen LogP contribution in [-0.2, 0) is 14.3 Å². The lowest BCUT2D eigenvalue weighted by atomic mass is 9.98. The Bertz CT molecular complexity index is 1070. The molecule has 0 heterocycles. The summed E-state index contributed by atoms with van der Waals surface area (Å²) in [4.78, 5) is 35.9. The van der Waals surface area contributed by atoms with Crippen molar-refractivity contribution in [2.75, 3.05) is 13.2 Å². The van der Waals surface area contributed by atoms with E-state index < -0.39 is 12.1 Å². The fourth-order valence-electron chi connectivity index (χ4n) is 5.87. The van der Waals surface area contributed by atoms with Crippen molar-refractivity contribution >= 4 is 18.0 Å². The van der Waals surface area contributed by atoms with Crippen LogP contribution in [0.5, 0.6) is 0 Å². The third-order valence-corrected chi connectivity index (χ3v) is 7.63. The van der Waals surface area contributed by atoms with Crippen molar-refractivity contribution in [3.05, 3.63) is 59.7 Å². The zero-order chi connectivity index (χ0) is 23.7. The number of benzene rings is 2. The molecule has 7 nitrogen and oxygen atoms in total. The van der Waals surface area contributed by atoms with Crippen molar-refractivity contribution in [1.82, 2.24) is 10.6 Å². The summed E-state index contributed by atoms with van der Waals surface area (Å²) in [6, 6.07) is 16.4. The summed E-state index contributed by atoms with van der Waals surface area (Å²) in [5, 5.41) is 14.6. The molecule has 34 heavy (non-hydrogen) atoms. The van der Waals surface area contributed by atoms with Crippen LogP contribution >= 0.6 is 0 Å². The summed E-state index contributed by atoms with van der Waals surface area (Å²) in [7, 11) is 0. The molecule has 0 spiro atoms. The molecule has 3 aliphatic rings. The average molecular weight is 463 g/mol. The van der Waals surface area contributed by atoms with Crippen molar-refractivity contribution in [3.63, 3.8) is 0 Å². The lowest BCUT2D eigenvalue weighted by Gasteiger charge is -2.19. The Labute approximate surface area is 198 Å². The molecule has 3 atom stereocenters. The number of carboxylic acid groups (broad SMARTS) is 1. The second-order valence-corrected chi connectivity index (χ2v) is 9.77. The number of fused-ring (bicyclic) bond motifs is 4. The standard InChI is InChI=1S/C27H30N2O5/c30-24(31)11-5-6-12-28-25(32)27-14-17(27)13-18(15-27)29-26(33)34-16-23-21-9-3-1-7-19(21)20-8-2-4-10-22(20)23/h1-4,7-10,17-18,23H,5-6,11-16H2,(H,28,32)(H,29,33)(H,30,31)/t17-,18+,27+/m1/s1. The Balaban J connectivity index is 1.10. The van der Waals surface area contributed by atoms with Crippen LogP contribution < -0.4 is 10.6 Å². The van der Waals surface area contributed by atoms with E-state index in [0.29, 0.717) is 31.7 Å². The number of carboxylic acids is 1. The lowest BCUT2D eigenvalue weighted by molar-refractivity contribution is -0.137. The van der Waals surface area contributed by atoms with Gasteiger partial charge in [0.05, 0.1) is 5.41 Å². The summed E-state index contributed by atoms with van der Waals surface area (Å²) >= 11 is 0. The van der Waals surface area contributed by atoms with Crippen LogP contribution in [0.1, 0.15) is 55.6 Å². The number of hydrogen-bond donors (Lipinski definition) is 3. The van der Waals surface area contributed by atoms with Crippen LogP contribution in [0.15, 0.2) is 48.5 Å². The highest BCUT2D eigenvalue weighted by Gasteiger charge is 2.65. The molecule has 0 unspecified atom stereocenters. The Morgan fingerprint density at radius 2 is 1.65 bits per heavy atom. The number of aliphatic carboxylic acids is 1. The lowest BCUT2D eigenvalue weighted by Crippen LogP contribution is -2.38. The van der Waals surface area contributed by atoms with E-state index in [-0.39, 0.29) is 36.3 Å². The molecule has 7 heteroatoms. The Hall–Kier alpha value is -3.35. The maximum absolute atomic E-state index is 12.7. The van der Waals surface area contributed by atoms with Gasteiger partial charge in [0.15, 0.2) is 0 Å². The maximum atomic E-state index is 12.7. The molecule has 2 aromatic carbocycles. The van der Waals surface area contributed by atoms with Gasteiger partial charge in [0.1, 0.15) is 6.61 Å². The molecule has 3 aliphatic carbocycles. The molecule has 2 aromatic rings. The van der Waals surface area contributed by atoms with Crippen LogP contribution in [-0.4, -0.2) is 42.3 Å². The van der Waals surface area contributed by atoms with Crippen LogP contribution in [0.25, 0.3) is 11.1 Å². The topological polar surface area (TPSA) is 105 Å². The number of rotatable bonds is 9. The highest BCUT2D eigenvalue weighted by atomic mass is 16.5. The first-order valence-corrected chi connectivity index (χ1v) is 12.1. The molecule has 2 amide bonds. The van der Waals surface area contributed by atoms with Gasteiger partial charge in [0.25, 0.3) is 0 Å². The number of ether oxygens (including phenoxy) is 1. The fraction of sp³-hybridized carbons (Fsp3) is 0.444. The number of amides is 2. The number of carbonyl (C=O) groups is 3. The summed E-state index contributed by atoms with van der Waals surface area (Å²) in [6.45, 7) is 0.767. The first-order valence-electron chi connectivity index (χ1n) is 12.1. The quantitative estimate of drug-likeness (QED) is 0.488. The second kappa shape index (κ2) is 9.12. The van der Waals surface area contributed by atoms with Gasteiger partial charge in [-0.05, 0) is 60.3 Å². The van der Waals surface area contributed by atoms with Gasteiger partial charge in [0, 0.05) is 24.9 Å². The smallest absolute Gasteiger partial charge is 0.407 e. The SMILES string of the molecule is O=C(O)CCCCNC(=O)[C@@]12C[C@@H](NC(=O)OCC3c4ccccc4-c4ccccc43)C[C@@H]1C2. The van der Waals surface area contributed by atoms with E-state index in [1.807, 2.05) is 24.3 Å². The molecule has 3 N–H and O–H groups in total. The Kier molecular flexibility index (Phi) is 6.02. The molecule has 5 rings (SSSR count). The van der Waals surface area contributed by atoms with Crippen LogP contribution in [0.3, 0.4) is 0 Å². The molecule has 0 radical (unpaired) electrons. The minimum atomic E-state index is -0.815. The van der Waals surface area contributed by atoms with E-state index in [1.165, 1.54) is 22.3 Å². The molecule has 0 aromatic heterocycles. The van der Waals surface area contributed by atoms with Crippen molar-refractivity contribution in [1.29, 1.82) is 0 Å². The van der Waals surface area contributed by atoms with E-state index in [0.717, 1.165) is 12.8 Å². The van der Waals surface area contributed by atoms with Gasteiger partial charge in [-0.25, -0.2) is 4.79 Å². The van der Waals surface area contributed by atoms with E-state index in [4.69, 9.17) is 9.84 Å². The van der Waals surface area contributed by atoms with Gasteiger partial charge in [-0.1, -0.05) is 48.5 Å². The first-order chi connectivity index (χ1) is 16.5. The molecule has 0 aliphatic heterocycles. The Morgan fingerprint density at radius 3 is 2.32 bits per heavy atom. The number of alkyl carbamates (subject to hydrolysis) is 1. The maximum Gasteiger partial charge on any atom is 0.407 e. The zero-order valence-electron chi connectivity index (χ0n) is 19.1. The van der Waals surface area contributed by atoms with Gasteiger partial charge in [-0.15, -0.1) is 0 Å². The summed E-state index contributed by atoms with van der Waals surface area (Å²) in [6.07, 6.45) is 3.17. The van der Waals surface area contributed by atoms with Crippen molar-refractivity contribution < 1.29 is 24.2 Å². The summed E-state index contributed by atoms with van der Waals surface area (Å²) < 4.78 is 5.66. The van der Waals surface area contributed by atoms with E-state index in [2.05, 4.69) is 34.9 Å². The minimum absolute atomic E-state index is 0.0216. The predicted octanol–water partition coefficient (Wildman–Crippen LogP) is 4.06. The van der Waals surface area contributed by atoms with Crippen molar-refractivity contribution in [2.24, 2.45) is 11.3 Å². The molecule has 0 bridgehead atoms. The predicted molar refractivity (Wildman–Crippen MR) is 126 cm³/mol. The van der Waals surface area contributed by atoms with Gasteiger partial charge in [0.2, 0.25) is 5.91 Å². The number of unbranched alkanes of at least 4 members (excludes halogenated alkanes) is 1. The average Bonchev–Trinajstić information content (AvgIpc) is 3.25. The molecular formula is C27H30N2O5. The van der Waals surface area contributed by atoms with Crippen molar-refractivity contribution in [3.8, 4) is 11.1 Å². The van der Waals surface area contributed by atoms with E-state index >= 15 is 0 Å². The van der Waals surface area contributed by atoms with Crippen LogP contribution in [0.2, 0.25) is 0 Å². The minimum Gasteiger partial charge on any atom is -0.481 e. The third kappa shape index (κ3) is 4.27. The molecule has 178 valence electrons. The Morgan fingerprint density at radius 1 is 0.971 bits per heavy atom. The summed E-state index contributed by atoms with van der Waals surface area (Å²) in [5.74, 6) is -0.464. The van der Waals surface area contributed by atoms with Gasteiger partial charge < -0.3 is 20.5 Å². The van der Waals surface area contributed by atoms with E-state index in [9.17, 15) is 14.4 Å². The number of carbonyl (C=O) groups excluding carboxylic acids is 2. The third-order valence-electron chi connectivity index (χ3n) is 7.63. The van der Waals surface area contributed by atoms with Gasteiger partial charge in [-0.2, -0.15) is 0 Å². The fourth-order valence-corrected chi connectivity index (χ4v) is 5.87. The normalized spacial score (nSPS) is 24.0. The van der Waals surface area contributed by atoms with Crippen LogP contribution in [0, 0.1) is 11.3 Å². The zero-order valence-corrected chi connectivity index (χ0v) is 19.1.